The van der Waals surface area contributed by atoms with Crippen molar-refractivity contribution in [3.05, 3.63) is 70.7 Å². The number of imidazole rings is 1. The quantitative estimate of drug-likeness (QED) is 0.316. The molecular weight excluding hydrogens is 478 g/mol. The van der Waals surface area contributed by atoms with Crippen LogP contribution in [0.1, 0.15) is 76.1 Å². The van der Waals surface area contributed by atoms with E-state index in [0.717, 1.165) is 72.9 Å². The van der Waals surface area contributed by atoms with Crippen molar-refractivity contribution in [2.24, 2.45) is 5.92 Å². The van der Waals surface area contributed by atoms with Gasteiger partial charge in [0, 0.05) is 36.3 Å². The summed E-state index contributed by atoms with van der Waals surface area (Å²) in [5.74, 6) is 0.882. The number of hydrogen-bond donors (Lipinski definition) is 1. The Morgan fingerprint density at radius 3 is 2.66 bits per heavy atom. The first-order valence-electron chi connectivity index (χ1n) is 13.7. The highest BCUT2D eigenvalue weighted by molar-refractivity contribution is 5.83. The fraction of sp³-hybridized carbons (Fsp3) is 0.448. The normalized spacial score (nSPS) is 18.0. The van der Waals surface area contributed by atoms with Crippen LogP contribution in [0, 0.1) is 5.92 Å². The van der Waals surface area contributed by atoms with Crippen molar-refractivity contribution in [3.63, 3.8) is 0 Å². The van der Waals surface area contributed by atoms with Crippen LogP contribution in [0.15, 0.2) is 53.7 Å². The number of unbranched alkanes of at least 4 members (excludes halogenated alkanes) is 1. The molecule has 2 atom stereocenters. The van der Waals surface area contributed by atoms with Gasteiger partial charge in [0.1, 0.15) is 0 Å². The number of H-pyrrole nitrogens is 1. The highest BCUT2D eigenvalue weighted by Crippen LogP contribution is 2.34. The van der Waals surface area contributed by atoms with E-state index in [0.29, 0.717) is 18.8 Å². The monoisotopic (exact) mass is 513 g/mol. The van der Waals surface area contributed by atoms with E-state index in [1.165, 1.54) is 0 Å². The zero-order chi connectivity index (χ0) is 26.5. The Morgan fingerprint density at radius 2 is 1.89 bits per heavy atom. The summed E-state index contributed by atoms with van der Waals surface area (Å²) in [5, 5.41) is 14.6. The van der Waals surface area contributed by atoms with Crippen LogP contribution in [0.4, 0.5) is 0 Å². The number of aromatic nitrogens is 7. The molecule has 0 aliphatic heterocycles. The molecule has 1 fully saturated rings. The van der Waals surface area contributed by atoms with Gasteiger partial charge in [0.15, 0.2) is 5.78 Å². The van der Waals surface area contributed by atoms with Crippen LogP contribution in [-0.2, 0) is 17.8 Å². The Balaban J connectivity index is 1.59. The predicted octanol–water partition coefficient (Wildman–Crippen LogP) is 4.99. The molecule has 3 heterocycles. The van der Waals surface area contributed by atoms with Gasteiger partial charge in [0.25, 0.3) is 0 Å². The van der Waals surface area contributed by atoms with Crippen molar-refractivity contribution in [3.8, 4) is 22.5 Å². The van der Waals surface area contributed by atoms with Crippen molar-refractivity contribution in [1.82, 2.24) is 34.7 Å². The molecule has 0 amide bonds. The second-order valence-electron chi connectivity index (χ2n) is 10.1. The number of tetrazole rings is 1. The maximum absolute atomic E-state index is 14.0. The van der Waals surface area contributed by atoms with Gasteiger partial charge in [-0.15, -0.1) is 10.2 Å². The van der Waals surface area contributed by atoms with E-state index in [1.807, 2.05) is 47.3 Å². The first kappa shape index (κ1) is 25.8. The topological polar surface area (TPSA) is 111 Å². The largest absolute Gasteiger partial charge is 0.329 e. The number of benzene rings is 1. The highest BCUT2D eigenvalue weighted by Gasteiger charge is 2.33. The molecule has 38 heavy (non-hydrogen) atoms. The third-order valence-electron chi connectivity index (χ3n) is 7.76. The number of pyridine rings is 1. The zero-order valence-electron chi connectivity index (χ0n) is 22.1. The lowest BCUT2D eigenvalue weighted by molar-refractivity contribution is -0.123. The Morgan fingerprint density at radius 1 is 1.05 bits per heavy atom. The fourth-order valence-electron chi connectivity index (χ4n) is 5.73. The SMILES string of the molecule is CCCCc1cn(C2C(=O)CCCCC2CC)c(=O)n1Cc1cnccc1-c1ccccc1-c1nn[nH]n1. The minimum atomic E-state index is -0.385. The van der Waals surface area contributed by atoms with Crippen LogP contribution in [0.25, 0.3) is 22.5 Å². The number of Topliss-reactive ketones (excluding diaryl/α,β-unsaturated/α-hetero) is 1. The summed E-state index contributed by atoms with van der Waals surface area (Å²) in [6, 6.07) is 9.47. The minimum Gasteiger partial charge on any atom is -0.297 e. The molecule has 1 N–H and O–H groups in total. The molecule has 3 aromatic heterocycles. The van der Waals surface area contributed by atoms with Gasteiger partial charge in [-0.05, 0) is 59.6 Å². The van der Waals surface area contributed by atoms with E-state index in [-0.39, 0.29) is 23.4 Å². The van der Waals surface area contributed by atoms with Gasteiger partial charge in [-0.3, -0.25) is 18.9 Å². The van der Waals surface area contributed by atoms with Gasteiger partial charge >= 0.3 is 5.69 Å². The van der Waals surface area contributed by atoms with E-state index in [4.69, 9.17) is 0 Å². The first-order chi connectivity index (χ1) is 18.6. The molecular formula is C29H35N7O2. The van der Waals surface area contributed by atoms with Crippen LogP contribution in [0.5, 0.6) is 0 Å². The maximum atomic E-state index is 14.0. The number of carbonyl (C=O) groups excluding carboxylic acids is 1. The molecule has 2 unspecified atom stereocenters. The van der Waals surface area contributed by atoms with Crippen LogP contribution in [0.3, 0.4) is 0 Å². The van der Waals surface area contributed by atoms with Gasteiger partial charge in [-0.1, -0.05) is 57.4 Å². The predicted molar refractivity (Wildman–Crippen MR) is 146 cm³/mol. The fourth-order valence-corrected chi connectivity index (χ4v) is 5.73. The Kier molecular flexibility index (Phi) is 7.91. The zero-order valence-corrected chi connectivity index (χ0v) is 22.1. The molecule has 9 nitrogen and oxygen atoms in total. The maximum Gasteiger partial charge on any atom is 0.329 e. The number of carbonyl (C=O) groups is 1. The summed E-state index contributed by atoms with van der Waals surface area (Å²) in [7, 11) is 0. The number of nitrogens with one attached hydrogen (secondary N) is 1. The second-order valence-corrected chi connectivity index (χ2v) is 10.1. The molecule has 9 heteroatoms. The van der Waals surface area contributed by atoms with Gasteiger partial charge in [-0.2, -0.15) is 5.21 Å². The lowest BCUT2D eigenvalue weighted by Crippen LogP contribution is -2.35. The highest BCUT2D eigenvalue weighted by atomic mass is 16.2. The standard InChI is InChI=1S/C29H35N7O2/c1-3-5-11-22-19-36(27-20(4-2)10-6-9-14-26(27)37)29(38)35(22)18-21-17-30-16-15-23(21)24-12-7-8-13-25(24)28-31-33-34-32-28/h7-8,12-13,15-17,19-20,27H,3-6,9-11,14,18H2,1-2H3,(H,31,32,33,34). The van der Waals surface area contributed by atoms with E-state index >= 15 is 0 Å². The molecule has 0 spiro atoms. The number of rotatable bonds is 9. The average molecular weight is 514 g/mol. The third kappa shape index (κ3) is 5.10. The molecule has 1 aromatic carbocycles. The van der Waals surface area contributed by atoms with Crippen molar-refractivity contribution in [2.75, 3.05) is 0 Å². The van der Waals surface area contributed by atoms with Crippen LogP contribution in [-0.4, -0.2) is 40.5 Å². The van der Waals surface area contributed by atoms with Crippen molar-refractivity contribution in [2.45, 2.75) is 77.8 Å². The molecule has 0 saturated heterocycles. The summed E-state index contributed by atoms with van der Waals surface area (Å²) in [6.45, 7) is 4.64. The summed E-state index contributed by atoms with van der Waals surface area (Å²) < 4.78 is 3.59. The molecule has 5 rings (SSSR count). The molecule has 1 aliphatic carbocycles. The van der Waals surface area contributed by atoms with Gasteiger partial charge in [0.05, 0.1) is 12.6 Å². The number of nitrogens with zero attached hydrogens (tertiary/aromatic N) is 6. The summed E-state index contributed by atoms with van der Waals surface area (Å²) in [4.78, 5) is 31.6. The molecule has 198 valence electrons. The molecule has 0 radical (unpaired) electrons. The van der Waals surface area contributed by atoms with Crippen LogP contribution >= 0.6 is 0 Å². The van der Waals surface area contributed by atoms with Crippen molar-refractivity contribution in [1.29, 1.82) is 0 Å². The van der Waals surface area contributed by atoms with Gasteiger partial charge in [-0.25, -0.2) is 4.79 Å². The lowest BCUT2D eigenvalue weighted by Gasteiger charge is -2.23. The summed E-state index contributed by atoms with van der Waals surface area (Å²) in [6.07, 6.45) is 12.7. The van der Waals surface area contributed by atoms with Crippen molar-refractivity contribution >= 4 is 5.78 Å². The van der Waals surface area contributed by atoms with E-state index < -0.39 is 0 Å². The van der Waals surface area contributed by atoms with E-state index in [2.05, 4.69) is 39.5 Å². The minimum absolute atomic E-state index is 0.115. The second kappa shape index (κ2) is 11.7. The number of aryl methyl sites for hydroxylation is 1. The third-order valence-corrected chi connectivity index (χ3v) is 7.76. The Bertz CT molecular complexity index is 1440. The van der Waals surface area contributed by atoms with Crippen LogP contribution in [0.2, 0.25) is 0 Å². The Hall–Kier alpha value is -3.88. The van der Waals surface area contributed by atoms with Gasteiger partial charge < -0.3 is 0 Å². The molecule has 4 aromatic rings. The summed E-state index contributed by atoms with van der Waals surface area (Å²) >= 11 is 0. The number of hydrogen-bond acceptors (Lipinski definition) is 6. The number of ketones is 1. The summed E-state index contributed by atoms with van der Waals surface area (Å²) in [5.41, 5.74) is 4.51. The molecule has 1 aliphatic rings. The lowest BCUT2D eigenvalue weighted by atomic mass is 9.91. The Labute approximate surface area is 222 Å². The van der Waals surface area contributed by atoms with E-state index in [1.54, 1.807) is 10.8 Å². The molecule has 1 saturated carbocycles. The molecule has 0 bridgehead atoms. The number of aromatic amines is 1. The van der Waals surface area contributed by atoms with Gasteiger partial charge in [0.2, 0.25) is 5.82 Å². The smallest absolute Gasteiger partial charge is 0.297 e. The van der Waals surface area contributed by atoms with E-state index in [9.17, 15) is 9.59 Å². The van der Waals surface area contributed by atoms with Crippen LogP contribution < -0.4 is 5.69 Å². The average Bonchev–Trinajstić information content (AvgIpc) is 3.53. The first-order valence-corrected chi connectivity index (χ1v) is 13.7. The van der Waals surface area contributed by atoms with Crippen molar-refractivity contribution < 1.29 is 4.79 Å².